The Morgan fingerprint density at radius 2 is 2.27 bits per heavy atom. The largest absolute Gasteiger partial charge is 0.481 e. The van der Waals surface area contributed by atoms with Crippen molar-refractivity contribution >= 4 is 23.2 Å². The highest BCUT2D eigenvalue weighted by atomic mass is 32.1. The summed E-state index contributed by atoms with van der Waals surface area (Å²) in [5, 5.41) is 18.3. The second-order valence-electron chi connectivity index (χ2n) is 5.60. The molecule has 7 nitrogen and oxygen atoms in total. The van der Waals surface area contributed by atoms with Crippen molar-refractivity contribution in [3.63, 3.8) is 0 Å². The normalized spacial score (nSPS) is 16.0. The number of carboxylic acid groups (broad SMARTS) is 1. The number of carbonyl (C=O) groups is 2. The van der Waals surface area contributed by atoms with Crippen molar-refractivity contribution in [2.24, 2.45) is 7.05 Å². The minimum Gasteiger partial charge on any atom is -0.481 e. The number of carboxylic acids is 1. The Kier molecular flexibility index (Phi) is 3.69. The number of nitrogens with one attached hydrogen (secondary N) is 1. The van der Waals surface area contributed by atoms with Crippen LogP contribution in [0.1, 0.15) is 36.2 Å². The van der Waals surface area contributed by atoms with Crippen LogP contribution in [0.4, 0.5) is 0 Å². The summed E-state index contributed by atoms with van der Waals surface area (Å²) in [4.78, 5) is 27.6. The second-order valence-corrected chi connectivity index (χ2v) is 6.46. The number of nitrogens with zero attached hydrogens (tertiary/aromatic N) is 3. The van der Waals surface area contributed by atoms with E-state index in [0.29, 0.717) is 18.5 Å². The lowest BCUT2D eigenvalue weighted by Crippen LogP contribution is -2.54. The number of rotatable bonds is 5. The van der Waals surface area contributed by atoms with E-state index in [-0.39, 0.29) is 12.3 Å². The van der Waals surface area contributed by atoms with Gasteiger partial charge in [0.1, 0.15) is 10.7 Å². The Balaban J connectivity index is 1.73. The first-order chi connectivity index (χ1) is 10.5. The number of hydrogen-bond donors (Lipinski definition) is 2. The van der Waals surface area contributed by atoms with Crippen molar-refractivity contribution in [1.29, 1.82) is 0 Å². The molecule has 1 saturated carbocycles. The SMILES string of the molecule is Cn1cc(-c2nc(C(=O)NC3(CC(=O)O)CCC3)cs2)cn1. The van der Waals surface area contributed by atoms with E-state index >= 15 is 0 Å². The summed E-state index contributed by atoms with van der Waals surface area (Å²) in [6.45, 7) is 0. The highest BCUT2D eigenvalue weighted by Crippen LogP contribution is 2.35. The maximum atomic E-state index is 12.3. The lowest BCUT2D eigenvalue weighted by molar-refractivity contribution is -0.139. The zero-order chi connectivity index (χ0) is 15.7. The first kappa shape index (κ1) is 14.7. The molecule has 0 aromatic carbocycles. The molecular weight excluding hydrogens is 304 g/mol. The molecule has 0 saturated heterocycles. The van der Waals surface area contributed by atoms with Crippen LogP contribution in [0.5, 0.6) is 0 Å². The molecule has 2 heterocycles. The third-order valence-corrected chi connectivity index (χ3v) is 4.76. The van der Waals surface area contributed by atoms with Crippen LogP contribution < -0.4 is 5.32 Å². The van der Waals surface area contributed by atoms with E-state index in [4.69, 9.17) is 5.11 Å². The third kappa shape index (κ3) is 2.87. The molecule has 0 aliphatic heterocycles. The average molecular weight is 320 g/mol. The van der Waals surface area contributed by atoms with Gasteiger partial charge in [0.05, 0.1) is 18.2 Å². The minimum atomic E-state index is -0.894. The van der Waals surface area contributed by atoms with E-state index in [1.165, 1.54) is 11.3 Å². The maximum absolute atomic E-state index is 12.3. The minimum absolute atomic E-state index is 0.0433. The Labute approximate surface area is 131 Å². The third-order valence-electron chi connectivity index (χ3n) is 3.87. The highest BCUT2D eigenvalue weighted by Gasteiger charge is 2.40. The maximum Gasteiger partial charge on any atom is 0.305 e. The van der Waals surface area contributed by atoms with Crippen molar-refractivity contribution in [3.8, 4) is 10.6 Å². The van der Waals surface area contributed by atoms with Crippen LogP contribution in [0.25, 0.3) is 10.6 Å². The van der Waals surface area contributed by atoms with E-state index in [9.17, 15) is 9.59 Å². The van der Waals surface area contributed by atoms with Gasteiger partial charge >= 0.3 is 5.97 Å². The molecule has 0 unspecified atom stereocenters. The molecule has 2 N–H and O–H groups in total. The van der Waals surface area contributed by atoms with Gasteiger partial charge in [-0.2, -0.15) is 5.10 Å². The van der Waals surface area contributed by atoms with Gasteiger partial charge in [-0.1, -0.05) is 0 Å². The van der Waals surface area contributed by atoms with Gasteiger partial charge in [0.25, 0.3) is 5.91 Å². The summed E-state index contributed by atoms with van der Waals surface area (Å²) in [5.41, 5.74) is 0.567. The van der Waals surface area contributed by atoms with Crippen LogP contribution >= 0.6 is 11.3 Å². The van der Waals surface area contributed by atoms with E-state index < -0.39 is 11.5 Å². The molecule has 3 rings (SSSR count). The predicted molar refractivity (Wildman–Crippen MR) is 80.6 cm³/mol. The van der Waals surface area contributed by atoms with Gasteiger partial charge in [0.2, 0.25) is 0 Å². The summed E-state index contributed by atoms with van der Waals surface area (Å²) in [5.74, 6) is -1.21. The molecule has 8 heteroatoms. The van der Waals surface area contributed by atoms with Crippen LogP contribution in [0.2, 0.25) is 0 Å². The van der Waals surface area contributed by atoms with E-state index in [0.717, 1.165) is 17.0 Å². The molecule has 0 atom stereocenters. The number of hydrogen-bond acceptors (Lipinski definition) is 5. The highest BCUT2D eigenvalue weighted by molar-refractivity contribution is 7.13. The molecule has 0 bridgehead atoms. The molecule has 2 aromatic rings. The summed E-state index contributed by atoms with van der Waals surface area (Å²) in [6.07, 6.45) is 5.82. The monoisotopic (exact) mass is 320 g/mol. The van der Waals surface area contributed by atoms with Gasteiger partial charge in [0.15, 0.2) is 0 Å². The van der Waals surface area contributed by atoms with Gasteiger partial charge in [-0.3, -0.25) is 14.3 Å². The van der Waals surface area contributed by atoms with E-state index in [1.807, 2.05) is 13.2 Å². The Hall–Kier alpha value is -2.22. The molecule has 0 radical (unpaired) electrons. The van der Waals surface area contributed by atoms with Crippen molar-refractivity contribution < 1.29 is 14.7 Å². The molecule has 116 valence electrons. The molecule has 22 heavy (non-hydrogen) atoms. The number of amides is 1. The van der Waals surface area contributed by atoms with Gasteiger partial charge in [-0.15, -0.1) is 11.3 Å². The standard InChI is InChI=1S/C14H16N4O3S/c1-18-7-9(6-15-18)13-16-10(8-22-13)12(21)17-14(3-2-4-14)5-11(19)20/h6-8H,2-5H2,1H3,(H,17,21)(H,19,20). The number of carbonyl (C=O) groups excluding carboxylic acids is 1. The number of aromatic nitrogens is 3. The van der Waals surface area contributed by atoms with Crippen LogP contribution in [0.3, 0.4) is 0 Å². The molecule has 0 spiro atoms. The van der Waals surface area contributed by atoms with Crippen molar-refractivity contribution in [2.75, 3.05) is 0 Å². The Morgan fingerprint density at radius 1 is 1.50 bits per heavy atom. The van der Waals surface area contributed by atoms with Gasteiger partial charge in [0, 0.05) is 24.2 Å². The van der Waals surface area contributed by atoms with Crippen LogP contribution in [-0.2, 0) is 11.8 Å². The Bertz CT molecular complexity index is 717. The van der Waals surface area contributed by atoms with Crippen LogP contribution in [0, 0.1) is 0 Å². The average Bonchev–Trinajstić information content (AvgIpc) is 3.03. The lowest BCUT2D eigenvalue weighted by atomic mass is 9.74. The van der Waals surface area contributed by atoms with Crippen LogP contribution in [-0.4, -0.2) is 37.3 Å². The van der Waals surface area contributed by atoms with Gasteiger partial charge in [-0.05, 0) is 19.3 Å². The topological polar surface area (TPSA) is 97.1 Å². The Morgan fingerprint density at radius 3 is 2.82 bits per heavy atom. The molecule has 1 fully saturated rings. The molecule has 1 aliphatic carbocycles. The second kappa shape index (κ2) is 5.53. The summed E-state index contributed by atoms with van der Waals surface area (Å²) < 4.78 is 1.67. The zero-order valence-corrected chi connectivity index (χ0v) is 12.9. The molecule has 2 aromatic heterocycles. The van der Waals surface area contributed by atoms with Crippen LogP contribution in [0.15, 0.2) is 17.8 Å². The lowest BCUT2D eigenvalue weighted by Gasteiger charge is -2.41. The zero-order valence-electron chi connectivity index (χ0n) is 12.1. The van der Waals surface area contributed by atoms with Gasteiger partial charge < -0.3 is 10.4 Å². The predicted octanol–water partition coefficient (Wildman–Crippen LogP) is 1.67. The first-order valence-electron chi connectivity index (χ1n) is 6.96. The number of aliphatic carboxylic acids is 1. The van der Waals surface area contributed by atoms with Crippen molar-refractivity contribution in [2.45, 2.75) is 31.2 Å². The quantitative estimate of drug-likeness (QED) is 0.873. The summed E-state index contributed by atoms with van der Waals surface area (Å²) >= 11 is 1.37. The van der Waals surface area contributed by atoms with Crippen molar-refractivity contribution in [3.05, 3.63) is 23.5 Å². The summed E-state index contributed by atoms with van der Waals surface area (Å²) in [7, 11) is 1.82. The van der Waals surface area contributed by atoms with Crippen molar-refractivity contribution in [1.82, 2.24) is 20.1 Å². The van der Waals surface area contributed by atoms with Gasteiger partial charge in [-0.25, -0.2) is 4.98 Å². The summed E-state index contributed by atoms with van der Waals surface area (Å²) in [6, 6.07) is 0. The molecule has 1 aliphatic rings. The molecular formula is C14H16N4O3S. The molecule has 1 amide bonds. The first-order valence-corrected chi connectivity index (χ1v) is 7.84. The fourth-order valence-electron chi connectivity index (χ4n) is 2.59. The number of aryl methyl sites for hydroxylation is 1. The fraction of sp³-hybridized carbons (Fsp3) is 0.429. The van der Waals surface area contributed by atoms with E-state index in [1.54, 1.807) is 16.3 Å². The number of thiazole rings is 1. The smallest absolute Gasteiger partial charge is 0.305 e. The fourth-order valence-corrected chi connectivity index (χ4v) is 3.36. The van der Waals surface area contributed by atoms with E-state index in [2.05, 4.69) is 15.4 Å².